The summed E-state index contributed by atoms with van der Waals surface area (Å²) >= 11 is 5.54. The quantitative estimate of drug-likeness (QED) is 0.477. The molecule has 0 nitrogen and oxygen atoms in total. The summed E-state index contributed by atoms with van der Waals surface area (Å²) in [7, 11) is 0. The zero-order valence-corrected chi connectivity index (χ0v) is 4.52. The molecule has 0 aliphatic rings. The molecule has 7 heavy (non-hydrogen) atoms. The van der Waals surface area contributed by atoms with Gasteiger partial charge in [-0.25, -0.2) is 0 Å². The van der Waals surface area contributed by atoms with E-state index < -0.39 is 0 Å². The molecule has 0 radical (unpaired) electrons. The zero-order chi connectivity index (χ0) is 5.11. The molecule has 0 fully saturated rings. The average molecular weight is 110 g/mol. The van der Waals surface area contributed by atoms with Crippen LogP contribution in [0.5, 0.6) is 0 Å². The Kier molecular flexibility index (Phi) is 1.48. The fraction of sp³-hybridized carbons (Fsp3) is 0. The van der Waals surface area contributed by atoms with E-state index in [1.54, 1.807) is 0 Å². The van der Waals surface area contributed by atoms with Crippen molar-refractivity contribution in [3.8, 4) is 0 Å². The average Bonchev–Trinajstić information content (AvgIpc) is 1.69. The Morgan fingerprint density at radius 3 is 2.14 bits per heavy atom. The van der Waals surface area contributed by atoms with E-state index in [0.717, 1.165) is 5.02 Å². The molecule has 0 aromatic carbocycles. The predicted molar refractivity (Wildman–Crippen MR) is 32.8 cm³/mol. The molecule has 0 unspecified atom stereocenters. The molecule has 1 aromatic heterocycles. The summed E-state index contributed by atoms with van der Waals surface area (Å²) < 4.78 is 0. The molecule has 34 valence electrons. The third-order valence-corrected chi connectivity index (χ3v) is 0.985. The summed E-state index contributed by atoms with van der Waals surface area (Å²) in [6, 6.07) is 3.70. The molecule has 0 aliphatic heterocycles. The van der Waals surface area contributed by atoms with Crippen molar-refractivity contribution in [2.75, 3.05) is 0 Å². The van der Waals surface area contributed by atoms with Crippen LogP contribution < -0.4 is 0 Å². The van der Waals surface area contributed by atoms with Gasteiger partial charge in [-0.15, -0.1) is 0 Å². The minimum atomic E-state index is 0.794. The Morgan fingerprint density at radius 1 is 1.29 bits per heavy atom. The van der Waals surface area contributed by atoms with E-state index in [9.17, 15) is 0 Å². The first-order chi connectivity index (χ1) is 3.39. The van der Waals surface area contributed by atoms with Gasteiger partial charge in [0.1, 0.15) is 0 Å². The molecule has 0 aliphatic carbocycles. The molecule has 1 rings (SSSR count). The third kappa shape index (κ3) is 1.32. The van der Waals surface area contributed by atoms with Gasteiger partial charge >= 0.3 is 47.6 Å². The van der Waals surface area contributed by atoms with Gasteiger partial charge in [-0.3, -0.25) is 0 Å². The number of rotatable bonds is 0. The van der Waals surface area contributed by atoms with Crippen molar-refractivity contribution < 1.29 is 0 Å². The molecular formula is C5H4BCl. The van der Waals surface area contributed by atoms with Crippen molar-refractivity contribution in [3.05, 3.63) is 29.1 Å². The maximum atomic E-state index is 5.54. The number of halogens is 1. The number of hydrogen-bond donors (Lipinski definition) is 0. The summed E-state index contributed by atoms with van der Waals surface area (Å²) in [5.41, 5.74) is 0. The van der Waals surface area contributed by atoms with Crippen LogP contribution in [0.1, 0.15) is 0 Å². The molecule has 0 atom stereocenters. The predicted octanol–water partition coefficient (Wildman–Crippen LogP) is 1.68. The van der Waals surface area contributed by atoms with Crippen LogP contribution in [0.25, 0.3) is 0 Å². The van der Waals surface area contributed by atoms with Gasteiger partial charge in [0.05, 0.1) is 0 Å². The first kappa shape index (κ1) is 4.85. The van der Waals surface area contributed by atoms with Gasteiger partial charge in [-0.1, -0.05) is 0 Å². The van der Waals surface area contributed by atoms with E-state index in [4.69, 9.17) is 11.6 Å². The fourth-order valence-electron chi connectivity index (χ4n) is 0.415. The Bertz CT molecular complexity index is 138. The summed E-state index contributed by atoms with van der Waals surface area (Å²) in [4.78, 5) is 0. The van der Waals surface area contributed by atoms with E-state index in [1.165, 1.54) is 0 Å². The molecule has 0 bridgehead atoms. The van der Waals surface area contributed by atoms with Crippen LogP contribution in [-0.2, 0) is 0 Å². The van der Waals surface area contributed by atoms with Crippen LogP contribution in [0, 0.1) is 0 Å². The van der Waals surface area contributed by atoms with Gasteiger partial charge in [0.25, 0.3) is 0 Å². The second-order valence-electron chi connectivity index (χ2n) is 1.30. The van der Waals surface area contributed by atoms with E-state index in [2.05, 4.69) is 0 Å². The van der Waals surface area contributed by atoms with Gasteiger partial charge in [-0.2, -0.15) is 0 Å². The molecule has 0 saturated carbocycles. The maximum absolute atomic E-state index is 5.54. The van der Waals surface area contributed by atoms with Crippen molar-refractivity contribution in [2.24, 2.45) is 0 Å². The molecule has 0 saturated heterocycles. The van der Waals surface area contributed by atoms with E-state index in [0.29, 0.717) is 0 Å². The number of hydrogen-bond acceptors (Lipinski definition) is 0. The van der Waals surface area contributed by atoms with Crippen molar-refractivity contribution in [1.29, 1.82) is 0 Å². The molecule has 0 spiro atoms. The Labute approximate surface area is 48.3 Å². The van der Waals surface area contributed by atoms with Crippen molar-refractivity contribution in [2.45, 2.75) is 0 Å². The fourth-order valence-corrected chi connectivity index (χ4v) is 0.560. The van der Waals surface area contributed by atoms with Crippen molar-refractivity contribution in [3.63, 3.8) is 0 Å². The van der Waals surface area contributed by atoms with Gasteiger partial charge in [-0.05, 0) is 0 Å². The van der Waals surface area contributed by atoms with E-state index in [-0.39, 0.29) is 0 Å². The normalized spacial score (nSPS) is 8.14. The van der Waals surface area contributed by atoms with Gasteiger partial charge in [0.15, 0.2) is 0 Å². The second-order valence-corrected chi connectivity index (χ2v) is 1.73. The summed E-state index contributed by atoms with van der Waals surface area (Å²) in [6.07, 6.45) is 0. The molecule has 0 N–H and O–H groups in total. The van der Waals surface area contributed by atoms with Crippen molar-refractivity contribution >= 4 is 18.5 Å². The van der Waals surface area contributed by atoms with Gasteiger partial charge in [0, 0.05) is 0 Å². The molecular weight excluding hydrogens is 106 g/mol. The van der Waals surface area contributed by atoms with Crippen molar-refractivity contribution in [1.82, 2.24) is 0 Å². The van der Waals surface area contributed by atoms with Gasteiger partial charge < -0.3 is 0 Å². The standard InChI is InChI=1S/C5H4BCl/c7-5-1-3-6-4-2-5/h1-4H. The zero-order valence-electron chi connectivity index (χ0n) is 3.76. The summed E-state index contributed by atoms with van der Waals surface area (Å²) in [6.45, 7) is 1.94. The van der Waals surface area contributed by atoms with Crippen LogP contribution in [0.2, 0.25) is 5.02 Å². The topological polar surface area (TPSA) is 0 Å². The third-order valence-electron chi connectivity index (χ3n) is 0.733. The second kappa shape index (κ2) is 2.13. The Balaban J connectivity index is 3.02. The molecule has 1 aromatic rings. The summed E-state index contributed by atoms with van der Waals surface area (Å²) in [5, 5.41) is 0.794. The first-order valence-electron chi connectivity index (χ1n) is 2.10. The SMILES string of the molecule is Clc1ccbcc1. The first-order valence-corrected chi connectivity index (χ1v) is 2.48. The van der Waals surface area contributed by atoms with Crippen LogP contribution in [0.3, 0.4) is 0 Å². The van der Waals surface area contributed by atoms with Crippen LogP contribution >= 0.6 is 11.6 Å². The van der Waals surface area contributed by atoms with Crippen LogP contribution in [0.4, 0.5) is 0 Å². The monoisotopic (exact) mass is 110 g/mol. The molecule has 1 heterocycles. The Morgan fingerprint density at radius 2 is 1.86 bits per heavy atom. The Hall–Kier alpha value is -0.295. The minimum absolute atomic E-state index is 0.794. The van der Waals surface area contributed by atoms with Gasteiger partial charge in [0.2, 0.25) is 0 Å². The molecule has 2 heteroatoms. The summed E-state index contributed by atoms with van der Waals surface area (Å²) in [5.74, 6) is 3.81. The van der Waals surface area contributed by atoms with Crippen LogP contribution in [-0.4, -0.2) is 6.91 Å². The van der Waals surface area contributed by atoms with E-state index in [1.807, 2.05) is 31.0 Å². The molecule has 0 amide bonds. The van der Waals surface area contributed by atoms with Crippen LogP contribution in [0.15, 0.2) is 24.1 Å². The van der Waals surface area contributed by atoms with E-state index >= 15 is 0 Å².